The lowest BCUT2D eigenvalue weighted by Gasteiger charge is -2.41. The van der Waals surface area contributed by atoms with Crippen LogP contribution in [0.25, 0.3) is 11.1 Å². The van der Waals surface area contributed by atoms with Crippen LogP contribution in [0.3, 0.4) is 0 Å². The van der Waals surface area contributed by atoms with Crippen molar-refractivity contribution < 1.29 is 36.7 Å². The molecular formula is C31H29Cl2F4N3O4. The number of nitrogens with zero attached hydrogens (tertiary/aromatic N) is 1. The quantitative estimate of drug-likeness (QED) is 0.242. The number of likely N-dealkylation sites (tertiary alicyclic amines) is 1. The van der Waals surface area contributed by atoms with Crippen LogP contribution in [0.5, 0.6) is 5.75 Å². The number of piperidine rings is 2. The first-order valence-corrected chi connectivity index (χ1v) is 14.1. The molecule has 3 amide bonds. The van der Waals surface area contributed by atoms with E-state index in [1.807, 2.05) is 30.3 Å². The minimum Gasteiger partial charge on any atom is -0.405 e. The van der Waals surface area contributed by atoms with Crippen molar-refractivity contribution in [2.75, 3.05) is 13.1 Å². The van der Waals surface area contributed by atoms with Gasteiger partial charge in [0.2, 0.25) is 17.7 Å². The summed E-state index contributed by atoms with van der Waals surface area (Å²) in [5.74, 6) is -3.25. The molecule has 2 aliphatic heterocycles. The highest BCUT2D eigenvalue weighted by atomic mass is 35.5. The predicted molar refractivity (Wildman–Crippen MR) is 158 cm³/mol. The van der Waals surface area contributed by atoms with Crippen molar-refractivity contribution >= 4 is 41.7 Å². The maximum Gasteiger partial charge on any atom is 0.573 e. The minimum atomic E-state index is -4.93. The van der Waals surface area contributed by atoms with Gasteiger partial charge in [0.1, 0.15) is 11.6 Å². The summed E-state index contributed by atoms with van der Waals surface area (Å²) in [7, 11) is 0. The Bertz CT molecular complexity index is 1510. The fraction of sp³-hybridized carbons (Fsp3) is 0.323. The molecule has 0 radical (unpaired) electrons. The van der Waals surface area contributed by atoms with Crippen LogP contribution in [0.4, 0.5) is 17.6 Å². The van der Waals surface area contributed by atoms with Gasteiger partial charge in [-0.2, -0.15) is 0 Å². The van der Waals surface area contributed by atoms with Gasteiger partial charge in [-0.05, 0) is 47.9 Å². The second kappa shape index (κ2) is 14.0. The highest BCUT2D eigenvalue weighted by Crippen LogP contribution is 2.34. The Morgan fingerprint density at radius 1 is 1.02 bits per heavy atom. The number of halogens is 6. The number of carbonyl (C=O) groups excluding carboxylic acids is 3. The first-order valence-electron chi connectivity index (χ1n) is 13.7. The molecular weight excluding hydrogens is 625 g/mol. The van der Waals surface area contributed by atoms with Gasteiger partial charge in [0.15, 0.2) is 0 Å². The third kappa shape index (κ3) is 8.08. The molecule has 5 rings (SSSR count). The van der Waals surface area contributed by atoms with E-state index < -0.39 is 35.7 Å². The zero-order valence-corrected chi connectivity index (χ0v) is 24.8. The number of amides is 3. The van der Waals surface area contributed by atoms with Crippen molar-refractivity contribution in [1.29, 1.82) is 0 Å². The fourth-order valence-electron chi connectivity index (χ4n) is 5.72. The van der Waals surface area contributed by atoms with E-state index in [2.05, 4.69) is 15.4 Å². The number of hydrogen-bond acceptors (Lipinski definition) is 5. The Morgan fingerprint density at radius 3 is 2.39 bits per heavy atom. The van der Waals surface area contributed by atoms with E-state index in [-0.39, 0.29) is 72.4 Å². The predicted octanol–water partition coefficient (Wildman–Crippen LogP) is 5.99. The van der Waals surface area contributed by atoms with Gasteiger partial charge in [-0.25, -0.2) is 4.39 Å². The monoisotopic (exact) mass is 653 g/mol. The van der Waals surface area contributed by atoms with Gasteiger partial charge in [-0.3, -0.25) is 19.7 Å². The average molecular weight is 654 g/mol. The standard InChI is InChI=1S/C31H28ClF4N3O4.ClH/c32-22-7-8-23(25(33)15-22)19-6-9-27(43-31(34,35)36)21(12-19)16-37-26-10-11-39(17-24(26)18-4-2-1-3-5-18)30(42)20-13-28(40)38-29(41)14-20;/h1-9,12,15,20,24,26,37H,10-11,13-14,16-17H2,(H,38,40,41);1H/t24-,26-;/m0./s1. The molecule has 44 heavy (non-hydrogen) atoms. The van der Waals surface area contributed by atoms with Crippen LogP contribution in [0.2, 0.25) is 5.02 Å². The Labute approximate surface area is 262 Å². The zero-order chi connectivity index (χ0) is 30.7. The highest BCUT2D eigenvalue weighted by Gasteiger charge is 2.38. The van der Waals surface area contributed by atoms with Crippen LogP contribution in [0.1, 0.15) is 36.3 Å². The number of nitrogens with one attached hydrogen (secondary N) is 2. The fourth-order valence-corrected chi connectivity index (χ4v) is 5.88. The van der Waals surface area contributed by atoms with Crippen LogP contribution >= 0.6 is 24.0 Å². The van der Waals surface area contributed by atoms with Gasteiger partial charge < -0.3 is 15.0 Å². The van der Waals surface area contributed by atoms with Crippen molar-refractivity contribution in [3.63, 3.8) is 0 Å². The molecule has 2 aliphatic rings. The van der Waals surface area contributed by atoms with Crippen molar-refractivity contribution in [1.82, 2.24) is 15.5 Å². The lowest BCUT2D eigenvalue weighted by molar-refractivity contribution is -0.274. The SMILES string of the molecule is Cl.O=C1CC(C(=O)N2CC[C@H](NCc3cc(-c4ccc(Cl)cc4F)ccc3OC(F)(F)F)[C@H](c3ccccc3)C2)CC(=O)N1. The average Bonchev–Trinajstić information content (AvgIpc) is 2.95. The molecule has 0 aliphatic carbocycles. The Hall–Kier alpha value is -3.67. The number of rotatable bonds is 7. The first-order chi connectivity index (χ1) is 20.5. The Morgan fingerprint density at radius 2 is 1.73 bits per heavy atom. The molecule has 2 fully saturated rings. The normalized spacial score (nSPS) is 19.2. The van der Waals surface area contributed by atoms with Crippen molar-refractivity contribution in [2.45, 2.75) is 44.1 Å². The van der Waals surface area contributed by atoms with Crippen LogP contribution in [0, 0.1) is 11.7 Å². The van der Waals surface area contributed by atoms with Crippen LogP contribution < -0.4 is 15.4 Å². The van der Waals surface area contributed by atoms with E-state index in [9.17, 15) is 31.9 Å². The molecule has 234 valence electrons. The summed E-state index contributed by atoms with van der Waals surface area (Å²) in [6.07, 6.45) is -4.60. The summed E-state index contributed by atoms with van der Waals surface area (Å²) in [5, 5.41) is 5.75. The van der Waals surface area contributed by atoms with Gasteiger partial charge in [-0.1, -0.05) is 48.0 Å². The maximum absolute atomic E-state index is 14.7. The molecule has 2 N–H and O–H groups in total. The number of benzene rings is 3. The second-order valence-electron chi connectivity index (χ2n) is 10.6. The summed E-state index contributed by atoms with van der Waals surface area (Å²) in [6, 6.07) is 17.2. The van der Waals surface area contributed by atoms with Crippen LogP contribution in [-0.4, -0.2) is 48.1 Å². The Kier molecular flexibility index (Phi) is 10.5. The molecule has 2 heterocycles. The Balaban J connectivity index is 0.00000442. The van der Waals surface area contributed by atoms with E-state index in [0.717, 1.165) is 17.7 Å². The van der Waals surface area contributed by atoms with E-state index >= 15 is 0 Å². The lowest BCUT2D eigenvalue weighted by Crippen LogP contribution is -2.52. The third-order valence-electron chi connectivity index (χ3n) is 7.73. The van der Waals surface area contributed by atoms with E-state index in [0.29, 0.717) is 18.5 Å². The summed E-state index contributed by atoms with van der Waals surface area (Å²) in [5.41, 5.74) is 1.61. The van der Waals surface area contributed by atoms with Crippen molar-refractivity contribution in [2.24, 2.45) is 5.92 Å². The van der Waals surface area contributed by atoms with Gasteiger partial charge >= 0.3 is 6.36 Å². The number of ether oxygens (including phenoxy) is 1. The largest absolute Gasteiger partial charge is 0.573 e. The van der Waals surface area contributed by atoms with Gasteiger partial charge in [-0.15, -0.1) is 25.6 Å². The van der Waals surface area contributed by atoms with Gasteiger partial charge in [0.05, 0.1) is 5.92 Å². The molecule has 0 unspecified atom stereocenters. The molecule has 0 saturated carbocycles. The summed E-state index contributed by atoms with van der Waals surface area (Å²) in [4.78, 5) is 38.7. The number of alkyl halides is 3. The van der Waals surface area contributed by atoms with E-state index in [1.165, 1.54) is 24.3 Å². The van der Waals surface area contributed by atoms with Crippen LogP contribution in [0.15, 0.2) is 66.7 Å². The lowest BCUT2D eigenvalue weighted by atomic mass is 9.84. The third-order valence-corrected chi connectivity index (χ3v) is 7.96. The van der Waals surface area contributed by atoms with Crippen molar-refractivity contribution in [3.05, 3.63) is 88.7 Å². The molecule has 7 nitrogen and oxygen atoms in total. The summed E-state index contributed by atoms with van der Waals surface area (Å²) >= 11 is 5.87. The molecule has 13 heteroatoms. The zero-order valence-electron chi connectivity index (χ0n) is 23.2. The smallest absolute Gasteiger partial charge is 0.405 e. The molecule has 0 bridgehead atoms. The summed E-state index contributed by atoms with van der Waals surface area (Å²) < 4.78 is 58.7. The van der Waals surface area contributed by atoms with Gasteiger partial charge in [0.25, 0.3) is 0 Å². The molecule has 3 aromatic rings. The number of carbonyl (C=O) groups is 3. The molecule has 3 aromatic carbocycles. The van der Waals surface area contributed by atoms with Crippen molar-refractivity contribution in [3.8, 4) is 16.9 Å². The summed E-state index contributed by atoms with van der Waals surface area (Å²) in [6.45, 7) is 0.580. The highest BCUT2D eigenvalue weighted by molar-refractivity contribution is 6.30. The first kappa shape index (κ1) is 33.2. The molecule has 2 saturated heterocycles. The van der Waals surface area contributed by atoms with Gasteiger partial charge in [0, 0.05) is 60.6 Å². The number of hydrogen-bond donors (Lipinski definition) is 2. The molecule has 0 spiro atoms. The number of imide groups is 1. The minimum absolute atomic E-state index is 0. The van der Waals surface area contributed by atoms with E-state index in [4.69, 9.17) is 11.6 Å². The molecule has 2 atom stereocenters. The second-order valence-corrected chi connectivity index (χ2v) is 11.1. The van der Waals surface area contributed by atoms with Crippen LogP contribution in [-0.2, 0) is 20.9 Å². The maximum atomic E-state index is 14.7. The van der Waals surface area contributed by atoms with E-state index in [1.54, 1.807) is 4.90 Å². The topological polar surface area (TPSA) is 87.7 Å². The molecule has 0 aromatic heterocycles.